The Bertz CT molecular complexity index is 1460. The number of amides is 2. The number of likely N-dealkylation sites (tertiary alicyclic amines) is 1. The number of rotatable bonds is 8. The van der Waals surface area contributed by atoms with Crippen molar-refractivity contribution in [2.45, 2.75) is 45.7 Å². The van der Waals surface area contributed by atoms with Crippen LogP contribution in [0.25, 0.3) is 22.0 Å². The van der Waals surface area contributed by atoms with Gasteiger partial charge in [0.15, 0.2) is 0 Å². The third-order valence-electron chi connectivity index (χ3n) is 7.50. The Labute approximate surface area is 229 Å². The molecule has 5 rings (SSSR count). The molecule has 202 valence electrons. The Hall–Kier alpha value is -4.04. The molecule has 39 heavy (non-hydrogen) atoms. The number of carbonyl (C=O) groups excluding carboxylic acids is 2. The van der Waals surface area contributed by atoms with Gasteiger partial charge in [0.05, 0.1) is 24.7 Å². The summed E-state index contributed by atoms with van der Waals surface area (Å²) in [5.74, 6) is -0.0656. The molecule has 0 aliphatic carbocycles. The highest BCUT2D eigenvalue weighted by molar-refractivity contribution is 6.00. The van der Waals surface area contributed by atoms with Crippen LogP contribution >= 0.6 is 0 Å². The topological polar surface area (TPSA) is 89.4 Å². The number of benzene rings is 2. The van der Waals surface area contributed by atoms with E-state index in [0.717, 1.165) is 59.1 Å². The van der Waals surface area contributed by atoms with Crippen LogP contribution in [0.4, 0.5) is 0 Å². The first-order chi connectivity index (χ1) is 18.9. The van der Waals surface area contributed by atoms with Crippen molar-refractivity contribution >= 4 is 22.7 Å². The van der Waals surface area contributed by atoms with Gasteiger partial charge in [-0.1, -0.05) is 18.2 Å². The van der Waals surface area contributed by atoms with Crippen LogP contribution in [0.5, 0.6) is 0 Å². The highest BCUT2D eigenvalue weighted by Crippen LogP contribution is 2.26. The largest absolute Gasteiger partial charge is 0.383 e. The molecular formula is C31H35N5O3. The van der Waals surface area contributed by atoms with Gasteiger partial charge in [0.25, 0.3) is 11.8 Å². The standard InChI is InChI=1S/C31H35N5O3/c1-21-7-8-25(18-33-21)23-9-11-24(12-10-23)31(38)36-16-5-4-6-26(36)19-35-20-28-22(2)27(13-14-29(28)34-35)30(37)32-15-17-39-3/h7-14,18,20,26H,4-6,15-17,19H2,1-3H3,(H,32,37). The van der Waals surface area contributed by atoms with E-state index in [1.165, 1.54) is 0 Å². The maximum Gasteiger partial charge on any atom is 0.254 e. The van der Waals surface area contributed by atoms with E-state index in [1.54, 1.807) is 7.11 Å². The van der Waals surface area contributed by atoms with Crippen molar-refractivity contribution in [3.63, 3.8) is 0 Å². The van der Waals surface area contributed by atoms with Gasteiger partial charge in [-0.2, -0.15) is 5.10 Å². The van der Waals surface area contributed by atoms with Crippen molar-refractivity contribution in [2.75, 3.05) is 26.8 Å². The molecule has 2 aromatic carbocycles. The summed E-state index contributed by atoms with van der Waals surface area (Å²) >= 11 is 0. The lowest BCUT2D eigenvalue weighted by molar-refractivity contribution is 0.0584. The summed E-state index contributed by atoms with van der Waals surface area (Å²) < 4.78 is 6.95. The number of carbonyl (C=O) groups is 2. The number of methoxy groups -OCH3 is 1. The zero-order valence-corrected chi connectivity index (χ0v) is 22.8. The van der Waals surface area contributed by atoms with Gasteiger partial charge in [0.2, 0.25) is 0 Å². The van der Waals surface area contributed by atoms with E-state index < -0.39 is 0 Å². The van der Waals surface area contributed by atoms with Gasteiger partial charge < -0.3 is 15.0 Å². The molecule has 1 saturated heterocycles. The maximum absolute atomic E-state index is 13.6. The minimum absolute atomic E-state index is 0.0520. The molecule has 1 aliphatic heterocycles. The van der Waals surface area contributed by atoms with Gasteiger partial charge in [-0.25, -0.2) is 0 Å². The van der Waals surface area contributed by atoms with Gasteiger partial charge in [0.1, 0.15) is 0 Å². The molecule has 8 nitrogen and oxygen atoms in total. The average Bonchev–Trinajstić information content (AvgIpc) is 3.37. The fourth-order valence-corrected chi connectivity index (χ4v) is 5.27. The van der Waals surface area contributed by atoms with Crippen molar-refractivity contribution in [3.8, 4) is 11.1 Å². The fourth-order valence-electron chi connectivity index (χ4n) is 5.27. The molecule has 0 radical (unpaired) electrons. The molecule has 4 aromatic rings. The van der Waals surface area contributed by atoms with E-state index in [2.05, 4.69) is 10.3 Å². The minimum Gasteiger partial charge on any atom is -0.383 e. The first kappa shape index (κ1) is 26.6. The zero-order valence-electron chi connectivity index (χ0n) is 22.8. The predicted molar refractivity (Wildman–Crippen MR) is 152 cm³/mol. The number of piperidine rings is 1. The molecule has 0 bridgehead atoms. The molecule has 2 aromatic heterocycles. The van der Waals surface area contributed by atoms with Crippen LogP contribution in [0.1, 0.15) is 51.2 Å². The highest BCUT2D eigenvalue weighted by Gasteiger charge is 2.28. The molecule has 1 N–H and O–H groups in total. The van der Waals surface area contributed by atoms with Crippen molar-refractivity contribution in [1.82, 2.24) is 25.0 Å². The van der Waals surface area contributed by atoms with Gasteiger partial charge in [-0.3, -0.25) is 19.3 Å². The van der Waals surface area contributed by atoms with Crippen LogP contribution in [-0.4, -0.2) is 64.3 Å². The average molecular weight is 526 g/mol. The molecule has 0 saturated carbocycles. The summed E-state index contributed by atoms with van der Waals surface area (Å²) in [5.41, 5.74) is 6.12. The minimum atomic E-state index is -0.118. The van der Waals surface area contributed by atoms with Crippen molar-refractivity contribution in [2.24, 2.45) is 0 Å². The summed E-state index contributed by atoms with van der Waals surface area (Å²) in [6.07, 6.45) is 6.87. The van der Waals surface area contributed by atoms with Crippen LogP contribution in [0, 0.1) is 13.8 Å². The lowest BCUT2D eigenvalue weighted by Gasteiger charge is -2.35. The smallest absolute Gasteiger partial charge is 0.254 e. The summed E-state index contributed by atoms with van der Waals surface area (Å²) in [6.45, 7) is 6.20. The zero-order chi connectivity index (χ0) is 27.4. The molecule has 1 aliphatic rings. The van der Waals surface area contributed by atoms with Crippen LogP contribution < -0.4 is 5.32 Å². The van der Waals surface area contributed by atoms with E-state index in [9.17, 15) is 9.59 Å². The molecule has 1 atom stereocenters. The van der Waals surface area contributed by atoms with Gasteiger partial charge in [-0.15, -0.1) is 0 Å². The number of nitrogens with zero attached hydrogens (tertiary/aromatic N) is 4. The number of hydrogen-bond acceptors (Lipinski definition) is 5. The quantitative estimate of drug-likeness (QED) is 0.334. The van der Waals surface area contributed by atoms with Crippen molar-refractivity contribution < 1.29 is 14.3 Å². The van der Waals surface area contributed by atoms with Crippen LogP contribution in [0.15, 0.2) is 60.9 Å². The first-order valence-corrected chi connectivity index (χ1v) is 13.5. The number of hydrogen-bond donors (Lipinski definition) is 1. The SMILES string of the molecule is COCCNC(=O)c1ccc2nn(CC3CCCCN3C(=O)c3ccc(-c4ccc(C)nc4)cc3)cc2c1C. The van der Waals surface area contributed by atoms with Gasteiger partial charge >= 0.3 is 0 Å². The Balaban J connectivity index is 1.31. The van der Waals surface area contributed by atoms with Crippen LogP contribution in [0.3, 0.4) is 0 Å². The lowest BCUT2D eigenvalue weighted by atomic mass is 9.99. The summed E-state index contributed by atoms with van der Waals surface area (Å²) in [7, 11) is 1.61. The van der Waals surface area contributed by atoms with Gasteiger partial charge in [0, 0.05) is 60.4 Å². The molecule has 1 fully saturated rings. The van der Waals surface area contributed by atoms with Crippen LogP contribution in [-0.2, 0) is 11.3 Å². The normalized spacial score (nSPS) is 15.5. The molecule has 2 amide bonds. The molecule has 8 heteroatoms. The molecular weight excluding hydrogens is 490 g/mol. The van der Waals surface area contributed by atoms with Crippen molar-refractivity contribution in [1.29, 1.82) is 0 Å². The van der Waals surface area contributed by atoms with E-state index >= 15 is 0 Å². The summed E-state index contributed by atoms with van der Waals surface area (Å²) in [5, 5.41) is 8.62. The lowest BCUT2D eigenvalue weighted by Crippen LogP contribution is -2.45. The predicted octanol–water partition coefficient (Wildman–Crippen LogP) is 4.79. The fraction of sp³-hybridized carbons (Fsp3) is 0.355. The second kappa shape index (κ2) is 11.8. The first-order valence-electron chi connectivity index (χ1n) is 13.5. The third-order valence-corrected chi connectivity index (χ3v) is 7.50. The Morgan fingerprint density at radius 2 is 1.82 bits per heavy atom. The molecule has 1 unspecified atom stereocenters. The number of aryl methyl sites for hydroxylation is 2. The van der Waals surface area contributed by atoms with Gasteiger partial charge in [-0.05, 0) is 74.6 Å². The summed E-state index contributed by atoms with van der Waals surface area (Å²) in [4.78, 5) is 32.6. The second-order valence-corrected chi connectivity index (χ2v) is 10.2. The Morgan fingerprint density at radius 3 is 2.56 bits per heavy atom. The number of nitrogens with one attached hydrogen (secondary N) is 1. The number of ether oxygens (including phenoxy) is 1. The second-order valence-electron chi connectivity index (χ2n) is 10.2. The molecule has 0 spiro atoms. The number of fused-ring (bicyclic) bond motifs is 1. The third kappa shape index (κ3) is 5.86. The van der Waals surface area contributed by atoms with Crippen LogP contribution in [0.2, 0.25) is 0 Å². The molecule has 3 heterocycles. The highest BCUT2D eigenvalue weighted by atomic mass is 16.5. The number of pyridine rings is 1. The summed E-state index contributed by atoms with van der Waals surface area (Å²) in [6, 6.07) is 15.6. The monoisotopic (exact) mass is 525 g/mol. The number of aromatic nitrogens is 3. The van der Waals surface area contributed by atoms with E-state index in [-0.39, 0.29) is 17.9 Å². The Kier molecular flexibility index (Phi) is 8.02. The van der Waals surface area contributed by atoms with Crippen molar-refractivity contribution in [3.05, 3.63) is 83.3 Å². The van der Waals surface area contributed by atoms with E-state index in [1.807, 2.05) is 84.4 Å². The van der Waals surface area contributed by atoms with E-state index in [4.69, 9.17) is 9.84 Å². The van der Waals surface area contributed by atoms with E-state index in [0.29, 0.717) is 30.8 Å². The Morgan fingerprint density at radius 1 is 1.03 bits per heavy atom. The maximum atomic E-state index is 13.6.